The minimum atomic E-state index is -4.80. The van der Waals surface area contributed by atoms with Gasteiger partial charge in [-0.05, 0) is 48.5 Å². The minimum Gasteiger partial charge on any atom is -0.418 e. The molecular weight excluding hydrogens is 415 g/mol. The zero-order valence-corrected chi connectivity index (χ0v) is 15.2. The van der Waals surface area contributed by atoms with Gasteiger partial charge in [0.25, 0.3) is 5.91 Å². The topological polar surface area (TPSA) is 97.5 Å². The smallest absolute Gasteiger partial charge is 0.418 e. The molecule has 0 bridgehead atoms. The fourth-order valence-corrected chi connectivity index (χ4v) is 2.45. The molecule has 29 heavy (non-hydrogen) atoms. The molecule has 0 unspecified atom stereocenters. The SMILES string of the molecule is O=C(N[C@@H](CO)c1nnc(-c2ccc(OC(F)(F)F)cc2)o1)c1ccc(Cl)cc1. The maximum absolute atomic E-state index is 12.3. The van der Waals surface area contributed by atoms with Gasteiger partial charge in [-0.2, -0.15) is 0 Å². The number of halogens is 4. The average Bonchev–Trinajstić information content (AvgIpc) is 3.15. The van der Waals surface area contributed by atoms with Crippen LogP contribution < -0.4 is 10.1 Å². The molecule has 0 saturated carbocycles. The monoisotopic (exact) mass is 427 g/mol. The van der Waals surface area contributed by atoms with E-state index < -0.39 is 30.7 Å². The van der Waals surface area contributed by atoms with Crippen LogP contribution in [0.4, 0.5) is 13.2 Å². The van der Waals surface area contributed by atoms with E-state index >= 15 is 0 Å². The number of ether oxygens (including phenoxy) is 1. The number of hydrogen-bond donors (Lipinski definition) is 2. The molecule has 1 aromatic heterocycles. The molecule has 1 amide bonds. The fraction of sp³-hybridized carbons (Fsp3) is 0.167. The second-order valence-electron chi connectivity index (χ2n) is 5.73. The van der Waals surface area contributed by atoms with Crippen molar-refractivity contribution in [3.63, 3.8) is 0 Å². The summed E-state index contributed by atoms with van der Waals surface area (Å²) in [7, 11) is 0. The van der Waals surface area contributed by atoms with Gasteiger partial charge in [0.2, 0.25) is 11.8 Å². The molecule has 3 aromatic rings. The Kier molecular flexibility index (Phi) is 6.04. The summed E-state index contributed by atoms with van der Waals surface area (Å²) >= 11 is 5.78. The highest BCUT2D eigenvalue weighted by atomic mass is 35.5. The highest BCUT2D eigenvalue weighted by Crippen LogP contribution is 2.26. The number of benzene rings is 2. The Hall–Kier alpha value is -3.11. The molecular formula is C18H13ClF3N3O4. The molecule has 2 aromatic carbocycles. The number of nitrogens with one attached hydrogen (secondary N) is 1. The maximum Gasteiger partial charge on any atom is 0.573 e. The third-order valence-corrected chi connectivity index (χ3v) is 3.92. The van der Waals surface area contributed by atoms with E-state index in [9.17, 15) is 23.1 Å². The summed E-state index contributed by atoms with van der Waals surface area (Å²) in [6.45, 7) is -0.515. The Balaban J connectivity index is 1.71. The number of hydrogen-bond acceptors (Lipinski definition) is 6. The van der Waals surface area contributed by atoms with E-state index in [-0.39, 0.29) is 11.8 Å². The Morgan fingerprint density at radius 3 is 2.38 bits per heavy atom. The van der Waals surface area contributed by atoms with E-state index in [2.05, 4.69) is 20.3 Å². The van der Waals surface area contributed by atoms with Crippen LogP contribution in [0.2, 0.25) is 5.02 Å². The molecule has 0 spiro atoms. The quantitative estimate of drug-likeness (QED) is 0.621. The summed E-state index contributed by atoms with van der Waals surface area (Å²) in [4.78, 5) is 12.3. The Morgan fingerprint density at radius 1 is 1.14 bits per heavy atom. The molecule has 0 aliphatic heterocycles. The van der Waals surface area contributed by atoms with Crippen molar-refractivity contribution in [3.05, 3.63) is 65.0 Å². The van der Waals surface area contributed by atoms with Crippen LogP contribution in [0.1, 0.15) is 22.3 Å². The van der Waals surface area contributed by atoms with Crippen molar-refractivity contribution < 1.29 is 32.2 Å². The first-order valence-corrected chi connectivity index (χ1v) is 8.50. The van der Waals surface area contributed by atoms with E-state index in [0.29, 0.717) is 16.1 Å². The summed E-state index contributed by atoms with van der Waals surface area (Å²) in [6, 6.07) is 9.93. The van der Waals surface area contributed by atoms with Crippen molar-refractivity contribution in [2.75, 3.05) is 6.61 Å². The van der Waals surface area contributed by atoms with E-state index in [1.54, 1.807) is 12.1 Å². The molecule has 0 fully saturated rings. The fourth-order valence-electron chi connectivity index (χ4n) is 2.32. The molecule has 2 N–H and O–H groups in total. The zero-order chi connectivity index (χ0) is 21.0. The molecule has 11 heteroatoms. The van der Waals surface area contributed by atoms with Gasteiger partial charge in [-0.15, -0.1) is 23.4 Å². The van der Waals surface area contributed by atoms with E-state index in [0.717, 1.165) is 12.1 Å². The second-order valence-corrected chi connectivity index (χ2v) is 6.17. The van der Waals surface area contributed by atoms with Gasteiger partial charge >= 0.3 is 6.36 Å². The van der Waals surface area contributed by atoms with Crippen molar-refractivity contribution in [3.8, 4) is 17.2 Å². The first-order valence-electron chi connectivity index (χ1n) is 8.12. The van der Waals surface area contributed by atoms with Crippen LogP contribution >= 0.6 is 11.6 Å². The summed E-state index contributed by atoms with van der Waals surface area (Å²) in [5, 5.41) is 20.1. The lowest BCUT2D eigenvalue weighted by Crippen LogP contribution is -2.31. The first kappa shape index (κ1) is 20.6. The van der Waals surface area contributed by atoms with Crippen molar-refractivity contribution >= 4 is 17.5 Å². The molecule has 0 aliphatic rings. The number of alkyl halides is 3. The Morgan fingerprint density at radius 2 is 1.79 bits per heavy atom. The van der Waals surface area contributed by atoms with Crippen LogP contribution in [0, 0.1) is 0 Å². The average molecular weight is 428 g/mol. The van der Waals surface area contributed by atoms with Gasteiger partial charge in [-0.3, -0.25) is 4.79 Å². The second kappa shape index (κ2) is 8.50. The number of amides is 1. The number of rotatable bonds is 6. The van der Waals surface area contributed by atoms with Crippen molar-refractivity contribution in [2.24, 2.45) is 0 Å². The molecule has 0 saturated heterocycles. The van der Waals surface area contributed by atoms with Crippen LogP contribution in [0.15, 0.2) is 52.9 Å². The molecule has 3 rings (SSSR count). The molecule has 152 valence electrons. The highest BCUT2D eigenvalue weighted by molar-refractivity contribution is 6.30. The number of carbonyl (C=O) groups excluding carboxylic acids is 1. The van der Waals surface area contributed by atoms with E-state index in [1.165, 1.54) is 24.3 Å². The van der Waals surface area contributed by atoms with Gasteiger partial charge in [0, 0.05) is 16.1 Å². The first-order chi connectivity index (χ1) is 13.7. The van der Waals surface area contributed by atoms with E-state index in [4.69, 9.17) is 16.0 Å². The number of aromatic nitrogens is 2. The van der Waals surface area contributed by atoms with Crippen LogP contribution in [-0.2, 0) is 0 Å². The lowest BCUT2D eigenvalue weighted by atomic mass is 10.2. The lowest BCUT2D eigenvalue weighted by molar-refractivity contribution is -0.274. The third kappa shape index (κ3) is 5.46. The molecule has 1 heterocycles. The van der Waals surface area contributed by atoms with Crippen molar-refractivity contribution in [1.29, 1.82) is 0 Å². The molecule has 0 radical (unpaired) electrons. The van der Waals surface area contributed by atoms with Gasteiger partial charge in [-0.25, -0.2) is 0 Å². The number of aliphatic hydroxyl groups excluding tert-OH is 1. The molecule has 7 nitrogen and oxygen atoms in total. The van der Waals surface area contributed by atoms with Gasteiger partial charge in [-0.1, -0.05) is 11.6 Å². The van der Waals surface area contributed by atoms with Crippen LogP contribution in [0.25, 0.3) is 11.5 Å². The Labute approximate surface area is 167 Å². The minimum absolute atomic E-state index is 0.00208. The van der Waals surface area contributed by atoms with Crippen molar-refractivity contribution in [1.82, 2.24) is 15.5 Å². The van der Waals surface area contributed by atoms with Gasteiger partial charge < -0.3 is 19.6 Å². The molecule has 0 aliphatic carbocycles. The summed E-state index contributed by atoms with van der Waals surface area (Å²) < 4.78 is 45.9. The van der Waals surface area contributed by atoms with Crippen LogP contribution in [0.5, 0.6) is 5.75 Å². The summed E-state index contributed by atoms with van der Waals surface area (Å²) in [6.07, 6.45) is -4.80. The standard InChI is InChI=1S/C18H13ClF3N3O4/c19-12-5-1-10(2-6-12)15(27)23-14(9-26)17-25-24-16(28-17)11-3-7-13(8-4-11)29-18(20,21)22/h1-8,14,26H,9H2,(H,23,27)/t14-/m0/s1. The number of aliphatic hydroxyl groups is 1. The third-order valence-electron chi connectivity index (χ3n) is 3.67. The summed E-state index contributed by atoms with van der Waals surface area (Å²) in [5.74, 6) is -0.961. The van der Waals surface area contributed by atoms with Gasteiger partial charge in [0.05, 0.1) is 6.61 Å². The van der Waals surface area contributed by atoms with Crippen LogP contribution in [0.3, 0.4) is 0 Å². The maximum atomic E-state index is 12.3. The normalized spacial score (nSPS) is 12.4. The predicted molar refractivity (Wildman–Crippen MR) is 95.2 cm³/mol. The number of nitrogens with zero attached hydrogens (tertiary/aromatic N) is 2. The van der Waals surface area contributed by atoms with Gasteiger partial charge in [0.15, 0.2) is 0 Å². The largest absolute Gasteiger partial charge is 0.573 e. The predicted octanol–water partition coefficient (Wildman–Crippen LogP) is 3.75. The lowest BCUT2D eigenvalue weighted by Gasteiger charge is -2.12. The Bertz CT molecular complexity index is 975. The van der Waals surface area contributed by atoms with Crippen LogP contribution in [-0.4, -0.2) is 34.2 Å². The van der Waals surface area contributed by atoms with Gasteiger partial charge in [0.1, 0.15) is 11.8 Å². The number of carbonyl (C=O) groups is 1. The highest BCUT2D eigenvalue weighted by Gasteiger charge is 2.31. The summed E-state index contributed by atoms with van der Waals surface area (Å²) in [5.41, 5.74) is 0.645. The zero-order valence-electron chi connectivity index (χ0n) is 14.5. The van der Waals surface area contributed by atoms with Crippen molar-refractivity contribution in [2.45, 2.75) is 12.4 Å². The van der Waals surface area contributed by atoms with E-state index in [1.807, 2.05) is 0 Å². The molecule has 1 atom stereocenters.